The van der Waals surface area contributed by atoms with Gasteiger partial charge in [0.1, 0.15) is 5.82 Å². The van der Waals surface area contributed by atoms with Gasteiger partial charge in [-0.3, -0.25) is 10.1 Å². The number of anilines is 2. The third-order valence-corrected chi connectivity index (χ3v) is 3.87. The van der Waals surface area contributed by atoms with Crippen LogP contribution in [0.5, 0.6) is 0 Å². The van der Waals surface area contributed by atoms with E-state index in [1.165, 1.54) is 12.8 Å². The zero-order chi connectivity index (χ0) is 13.2. The molecular weight excluding hydrogens is 315 g/mol. The van der Waals surface area contributed by atoms with Crippen LogP contribution in [-0.2, 0) is 0 Å². The van der Waals surface area contributed by atoms with Crippen molar-refractivity contribution in [1.29, 1.82) is 0 Å². The second kappa shape index (κ2) is 7.66. The van der Waals surface area contributed by atoms with Crippen LogP contribution in [0.25, 0.3) is 0 Å². The summed E-state index contributed by atoms with van der Waals surface area (Å²) < 4.78 is 0. The molecule has 0 aromatic carbocycles. The molecule has 0 amide bonds. The molecule has 2 saturated heterocycles. The van der Waals surface area contributed by atoms with E-state index < -0.39 is 0 Å². The van der Waals surface area contributed by atoms with Gasteiger partial charge in [0, 0.05) is 32.2 Å². The average molecular weight is 335 g/mol. The molecule has 6 nitrogen and oxygen atoms in total. The van der Waals surface area contributed by atoms with Crippen molar-refractivity contribution < 1.29 is 4.92 Å². The number of nitrogens with zero attached hydrogens (tertiary/aromatic N) is 4. The lowest BCUT2D eigenvalue weighted by Gasteiger charge is -2.21. The summed E-state index contributed by atoms with van der Waals surface area (Å²) in [5.41, 5.74) is 0.129. The molecule has 2 aliphatic rings. The lowest BCUT2D eigenvalue weighted by molar-refractivity contribution is -0.384. The molecule has 0 N–H and O–H groups in total. The smallest absolute Gasteiger partial charge is 0.311 e. The summed E-state index contributed by atoms with van der Waals surface area (Å²) in [5.74, 6) is 1.43. The summed E-state index contributed by atoms with van der Waals surface area (Å²) in [7, 11) is 0. The fraction of sp³-hybridized carbons (Fsp3) is 0.615. The Kier molecular flexibility index (Phi) is 6.48. The van der Waals surface area contributed by atoms with Crippen molar-refractivity contribution in [3.8, 4) is 0 Å². The third-order valence-electron chi connectivity index (χ3n) is 3.87. The maximum atomic E-state index is 11.1. The normalized spacial score (nSPS) is 17.3. The van der Waals surface area contributed by atoms with Crippen molar-refractivity contribution >= 4 is 42.1 Å². The predicted octanol–water partition coefficient (Wildman–Crippen LogP) is 3.03. The third kappa shape index (κ3) is 3.68. The molecule has 1 aromatic heterocycles. The van der Waals surface area contributed by atoms with Crippen LogP contribution in [0.1, 0.15) is 25.7 Å². The van der Waals surface area contributed by atoms with Gasteiger partial charge < -0.3 is 9.80 Å². The quantitative estimate of drug-likeness (QED) is 0.628. The van der Waals surface area contributed by atoms with Gasteiger partial charge in [0.05, 0.1) is 4.92 Å². The van der Waals surface area contributed by atoms with Crippen molar-refractivity contribution in [3.63, 3.8) is 0 Å². The molecule has 2 fully saturated rings. The first-order valence-corrected chi connectivity index (χ1v) is 6.91. The lowest BCUT2D eigenvalue weighted by atomic mass is 10.3. The van der Waals surface area contributed by atoms with Crippen LogP contribution >= 0.6 is 24.8 Å². The Balaban J connectivity index is 0.00000110. The molecule has 0 radical (unpaired) electrons. The summed E-state index contributed by atoms with van der Waals surface area (Å²) in [4.78, 5) is 19.6. The molecule has 118 valence electrons. The minimum atomic E-state index is -0.325. The number of hydrogen-bond donors (Lipinski definition) is 0. The first kappa shape index (κ1) is 17.8. The Morgan fingerprint density at radius 1 is 0.952 bits per heavy atom. The molecule has 0 spiro atoms. The van der Waals surface area contributed by atoms with Crippen LogP contribution in [-0.4, -0.2) is 36.1 Å². The van der Waals surface area contributed by atoms with Crippen molar-refractivity contribution in [2.45, 2.75) is 25.7 Å². The van der Waals surface area contributed by atoms with E-state index in [1.54, 1.807) is 12.1 Å². The number of halogens is 2. The molecule has 1 aromatic rings. The van der Waals surface area contributed by atoms with Crippen LogP contribution < -0.4 is 9.80 Å². The van der Waals surface area contributed by atoms with E-state index in [-0.39, 0.29) is 35.4 Å². The summed E-state index contributed by atoms with van der Waals surface area (Å²) in [5, 5.41) is 11.1. The SMILES string of the molecule is Cl.Cl.O=[N+]([O-])c1ccc(N2CCCC2)nc1N1CCCC1. The van der Waals surface area contributed by atoms with Gasteiger partial charge in [0.25, 0.3) is 0 Å². The number of pyridine rings is 1. The monoisotopic (exact) mass is 334 g/mol. The maximum Gasteiger partial charge on any atom is 0.311 e. The highest BCUT2D eigenvalue weighted by atomic mass is 35.5. The minimum Gasteiger partial charge on any atom is -0.357 e. The Bertz CT molecular complexity index is 489. The Hall–Kier alpha value is -1.27. The Morgan fingerprint density at radius 2 is 1.48 bits per heavy atom. The van der Waals surface area contributed by atoms with Gasteiger partial charge in [-0.2, -0.15) is 0 Å². The average Bonchev–Trinajstić information content (AvgIpc) is 3.11. The first-order chi connectivity index (χ1) is 9.25. The second-order valence-corrected chi connectivity index (χ2v) is 5.16. The van der Waals surface area contributed by atoms with Crippen LogP contribution in [0, 0.1) is 10.1 Å². The molecule has 2 aliphatic heterocycles. The fourth-order valence-electron chi connectivity index (χ4n) is 2.86. The zero-order valence-corrected chi connectivity index (χ0v) is 13.4. The number of rotatable bonds is 3. The van der Waals surface area contributed by atoms with E-state index in [0.717, 1.165) is 44.8 Å². The van der Waals surface area contributed by atoms with Gasteiger partial charge in [-0.15, -0.1) is 24.8 Å². The number of hydrogen-bond acceptors (Lipinski definition) is 5. The number of aromatic nitrogens is 1. The van der Waals surface area contributed by atoms with Crippen molar-refractivity contribution in [2.75, 3.05) is 36.0 Å². The summed E-state index contributed by atoms with van der Waals surface area (Å²) in [6, 6.07) is 3.39. The highest BCUT2D eigenvalue weighted by Gasteiger charge is 2.25. The summed E-state index contributed by atoms with van der Waals surface area (Å²) in [6.45, 7) is 3.75. The molecular formula is C13H20Cl2N4O2. The van der Waals surface area contributed by atoms with Crippen molar-refractivity contribution in [3.05, 3.63) is 22.2 Å². The standard InChI is InChI=1S/C13H18N4O2.2ClH/c18-17(19)11-5-6-12(15-7-1-2-8-15)14-13(11)16-9-3-4-10-16;;/h5-6H,1-4,7-10H2;2*1H. The molecule has 3 heterocycles. The van der Waals surface area contributed by atoms with E-state index >= 15 is 0 Å². The molecule has 0 atom stereocenters. The highest BCUT2D eigenvalue weighted by Crippen LogP contribution is 2.31. The van der Waals surface area contributed by atoms with Crippen LogP contribution in [0.4, 0.5) is 17.3 Å². The first-order valence-electron chi connectivity index (χ1n) is 6.91. The maximum absolute atomic E-state index is 11.1. The largest absolute Gasteiger partial charge is 0.357 e. The number of nitro groups is 1. The van der Waals surface area contributed by atoms with Crippen LogP contribution in [0.3, 0.4) is 0 Å². The topological polar surface area (TPSA) is 62.5 Å². The predicted molar refractivity (Wildman–Crippen MR) is 88.3 cm³/mol. The van der Waals surface area contributed by atoms with Gasteiger partial charge in [-0.1, -0.05) is 0 Å². The Morgan fingerprint density at radius 3 is 2.00 bits per heavy atom. The van der Waals surface area contributed by atoms with E-state index in [4.69, 9.17) is 0 Å². The van der Waals surface area contributed by atoms with Crippen LogP contribution in [0.2, 0.25) is 0 Å². The van der Waals surface area contributed by atoms with E-state index in [9.17, 15) is 10.1 Å². The molecule has 8 heteroatoms. The van der Waals surface area contributed by atoms with Gasteiger partial charge in [-0.25, -0.2) is 4.98 Å². The molecule has 0 bridgehead atoms. The van der Waals surface area contributed by atoms with Crippen molar-refractivity contribution in [2.24, 2.45) is 0 Å². The van der Waals surface area contributed by atoms with E-state index in [1.807, 2.05) is 4.90 Å². The zero-order valence-electron chi connectivity index (χ0n) is 11.7. The fourth-order valence-corrected chi connectivity index (χ4v) is 2.86. The minimum absolute atomic E-state index is 0. The summed E-state index contributed by atoms with van der Waals surface area (Å²) in [6.07, 6.45) is 4.54. The molecule has 21 heavy (non-hydrogen) atoms. The van der Waals surface area contributed by atoms with Crippen LogP contribution in [0.15, 0.2) is 12.1 Å². The molecule has 0 saturated carbocycles. The summed E-state index contributed by atoms with van der Waals surface area (Å²) >= 11 is 0. The van der Waals surface area contributed by atoms with Crippen molar-refractivity contribution in [1.82, 2.24) is 4.98 Å². The molecule has 3 rings (SSSR count). The molecule has 0 unspecified atom stereocenters. The van der Waals surface area contributed by atoms with Gasteiger partial charge >= 0.3 is 5.69 Å². The lowest BCUT2D eigenvalue weighted by Crippen LogP contribution is -2.23. The second-order valence-electron chi connectivity index (χ2n) is 5.16. The van der Waals surface area contributed by atoms with E-state index in [0.29, 0.717) is 5.82 Å². The molecule has 0 aliphatic carbocycles. The van der Waals surface area contributed by atoms with Gasteiger partial charge in [-0.05, 0) is 31.7 Å². The Labute approximate surface area is 136 Å². The van der Waals surface area contributed by atoms with Gasteiger partial charge in [0.15, 0.2) is 0 Å². The van der Waals surface area contributed by atoms with Gasteiger partial charge in [0.2, 0.25) is 5.82 Å². The highest BCUT2D eigenvalue weighted by molar-refractivity contribution is 5.85. The van der Waals surface area contributed by atoms with E-state index in [2.05, 4.69) is 9.88 Å².